The monoisotopic (exact) mass is 272 g/mol. The standard InChI is InChI=1S/C14H20N6/c1-4-20(5-2)14-18-12(15)17-13(19-14)16-11-8-6-7-10(3)9-11/h6-9H,4-5H2,1-3H3,(H3,15,16,17,18,19). The number of benzene rings is 1. The predicted octanol–water partition coefficient (Wildman–Crippen LogP) is 2.35. The number of nitrogen functional groups attached to an aromatic ring is 1. The van der Waals surface area contributed by atoms with Crippen LogP contribution in [0, 0.1) is 6.92 Å². The smallest absolute Gasteiger partial charge is 0.233 e. The number of anilines is 4. The van der Waals surface area contributed by atoms with Crippen LogP contribution in [0.3, 0.4) is 0 Å². The molecule has 1 heterocycles. The third kappa shape index (κ3) is 3.34. The molecule has 0 atom stereocenters. The Hall–Kier alpha value is -2.37. The van der Waals surface area contributed by atoms with Crippen LogP contribution in [0.15, 0.2) is 24.3 Å². The zero-order valence-electron chi connectivity index (χ0n) is 12.1. The van der Waals surface area contributed by atoms with Gasteiger partial charge in [0.25, 0.3) is 0 Å². The fourth-order valence-corrected chi connectivity index (χ4v) is 1.94. The van der Waals surface area contributed by atoms with E-state index in [1.165, 1.54) is 5.56 Å². The minimum atomic E-state index is 0.219. The maximum absolute atomic E-state index is 5.76. The molecule has 0 aliphatic rings. The molecule has 0 saturated heterocycles. The summed E-state index contributed by atoms with van der Waals surface area (Å²) in [6.07, 6.45) is 0. The molecule has 1 aromatic carbocycles. The van der Waals surface area contributed by atoms with Crippen molar-refractivity contribution < 1.29 is 0 Å². The highest BCUT2D eigenvalue weighted by molar-refractivity contribution is 5.56. The molecule has 2 rings (SSSR count). The van der Waals surface area contributed by atoms with Gasteiger partial charge in [-0.2, -0.15) is 15.0 Å². The molecule has 6 heteroatoms. The first-order valence-corrected chi connectivity index (χ1v) is 6.72. The summed E-state index contributed by atoms with van der Waals surface area (Å²) in [4.78, 5) is 14.7. The summed E-state index contributed by atoms with van der Waals surface area (Å²) in [5.74, 6) is 1.28. The van der Waals surface area contributed by atoms with E-state index in [0.717, 1.165) is 18.8 Å². The number of rotatable bonds is 5. The minimum absolute atomic E-state index is 0.219. The Morgan fingerprint density at radius 2 is 1.90 bits per heavy atom. The zero-order valence-corrected chi connectivity index (χ0v) is 12.1. The SMILES string of the molecule is CCN(CC)c1nc(N)nc(Nc2cccc(C)c2)n1. The van der Waals surface area contributed by atoms with Crippen LogP contribution in [-0.2, 0) is 0 Å². The Labute approximate surface area is 119 Å². The third-order valence-corrected chi connectivity index (χ3v) is 2.96. The average Bonchev–Trinajstić information content (AvgIpc) is 2.39. The number of aromatic nitrogens is 3. The van der Waals surface area contributed by atoms with Gasteiger partial charge < -0.3 is 16.0 Å². The van der Waals surface area contributed by atoms with Crippen LogP contribution in [0.5, 0.6) is 0 Å². The maximum atomic E-state index is 5.76. The Kier molecular flexibility index (Phi) is 4.34. The lowest BCUT2D eigenvalue weighted by Crippen LogP contribution is -2.25. The van der Waals surface area contributed by atoms with Crippen molar-refractivity contribution in [2.24, 2.45) is 0 Å². The van der Waals surface area contributed by atoms with Crippen molar-refractivity contribution in [3.8, 4) is 0 Å². The van der Waals surface area contributed by atoms with Crippen molar-refractivity contribution >= 4 is 23.5 Å². The summed E-state index contributed by atoms with van der Waals surface area (Å²) in [6, 6.07) is 8.00. The summed E-state index contributed by atoms with van der Waals surface area (Å²) < 4.78 is 0. The molecule has 106 valence electrons. The number of nitrogens with two attached hydrogens (primary N) is 1. The van der Waals surface area contributed by atoms with Gasteiger partial charge in [0.15, 0.2) is 0 Å². The first-order chi connectivity index (χ1) is 9.62. The lowest BCUT2D eigenvalue weighted by Gasteiger charge is -2.19. The van der Waals surface area contributed by atoms with Gasteiger partial charge in [0.2, 0.25) is 17.8 Å². The van der Waals surface area contributed by atoms with Crippen LogP contribution in [0.25, 0.3) is 0 Å². The van der Waals surface area contributed by atoms with Gasteiger partial charge in [0.05, 0.1) is 0 Å². The van der Waals surface area contributed by atoms with Crippen LogP contribution in [0.4, 0.5) is 23.5 Å². The van der Waals surface area contributed by atoms with E-state index in [1.807, 2.05) is 36.1 Å². The van der Waals surface area contributed by atoms with E-state index in [0.29, 0.717) is 11.9 Å². The van der Waals surface area contributed by atoms with Gasteiger partial charge in [0.1, 0.15) is 0 Å². The minimum Gasteiger partial charge on any atom is -0.368 e. The van der Waals surface area contributed by atoms with Gasteiger partial charge in [-0.05, 0) is 38.5 Å². The van der Waals surface area contributed by atoms with Gasteiger partial charge in [-0.15, -0.1) is 0 Å². The van der Waals surface area contributed by atoms with Crippen molar-refractivity contribution in [1.29, 1.82) is 0 Å². The lowest BCUT2D eigenvalue weighted by molar-refractivity contribution is 0.816. The molecule has 1 aromatic heterocycles. The van der Waals surface area contributed by atoms with Crippen molar-refractivity contribution in [1.82, 2.24) is 15.0 Å². The molecule has 0 aliphatic carbocycles. The first-order valence-electron chi connectivity index (χ1n) is 6.72. The molecule has 0 unspecified atom stereocenters. The van der Waals surface area contributed by atoms with Crippen LogP contribution in [-0.4, -0.2) is 28.0 Å². The Balaban J connectivity index is 2.28. The zero-order chi connectivity index (χ0) is 14.5. The second-order valence-electron chi connectivity index (χ2n) is 4.48. The lowest BCUT2D eigenvalue weighted by atomic mass is 10.2. The molecule has 0 spiro atoms. The van der Waals surface area contributed by atoms with Crippen molar-refractivity contribution in [3.63, 3.8) is 0 Å². The van der Waals surface area contributed by atoms with E-state index >= 15 is 0 Å². The molecule has 2 aromatic rings. The number of hydrogen-bond donors (Lipinski definition) is 2. The molecular weight excluding hydrogens is 252 g/mol. The molecule has 0 radical (unpaired) electrons. The van der Waals surface area contributed by atoms with Crippen LogP contribution < -0.4 is 16.0 Å². The highest BCUT2D eigenvalue weighted by atomic mass is 15.3. The number of nitrogens with zero attached hydrogens (tertiary/aromatic N) is 4. The fourth-order valence-electron chi connectivity index (χ4n) is 1.94. The molecule has 0 amide bonds. The molecule has 0 aliphatic heterocycles. The second kappa shape index (κ2) is 6.18. The number of aryl methyl sites for hydroxylation is 1. The van der Waals surface area contributed by atoms with Crippen LogP contribution >= 0.6 is 0 Å². The van der Waals surface area contributed by atoms with Gasteiger partial charge in [0, 0.05) is 18.8 Å². The normalized spacial score (nSPS) is 10.3. The van der Waals surface area contributed by atoms with E-state index in [4.69, 9.17) is 5.73 Å². The van der Waals surface area contributed by atoms with Crippen molar-refractivity contribution in [2.75, 3.05) is 29.0 Å². The van der Waals surface area contributed by atoms with E-state index in [9.17, 15) is 0 Å². The Morgan fingerprint density at radius 1 is 1.15 bits per heavy atom. The summed E-state index contributed by atoms with van der Waals surface area (Å²) in [6.45, 7) is 7.79. The summed E-state index contributed by atoms with van der Waals surface area (Å²) in [7, 11) is 0. The Morgan fingerprint density at radius 3 is 2.55 bits per heavy atom. The highest BCUT2D eigenvalue weighted by Gasteiger charge is 2.09. The Bertz CT molecular complexity index is 580. The molecule has 6 nitrogen and oxygen atoms in total. The summed E-state index contributed by atoms with van der Waals surface area (Å²) in [5, 5.41) is 3.16. The quantitative estimate of drug-likeness (QED) is 0.869. The third-order valence-electron chi connectivity index (χ3n) is 2.96. The molecule has 0 fully saturated rings. The van der Waals surface area contributed by atoms with E-state index in [1.54, 1.807) is 0 Å². The van der Waals surface area contributed by atoms with Gasteiger partial charge in [-0.3, -0.25) is 0 Å². The molecule has 20 heavy (non-hydrogen) atoms. The second-order valence-corrected chi connectivity index (χ2v) is 4.48. The highest BCUT2D eigenvalue weighted by Crippen LogP contribution is 2.17. The fraction of sp³-hybridized carbons (Fsp3) is 0.357. The van der Waals surface area contributed by atoms with Gasteiger partial charge >= 0.3 is 0 Å². The number of hydrogen-bond acceptors (Lipinski definition) is 6. The van der Waals surface area contributed by atoms with Crippen molar-refractivity contribution in [2.45, 2.75) is 20.8 Å². The average molecular weight is 272 g/mol. The molecule has 0 bridgehead atoms. The summed E-state index contributed by atoms with van der Waals surface area (Å²) >= 11 is 0. The van der Waals surface area contributed by atoms with Crippen molar-refractivity contribution in [3.05, 3.63) is 29.8 Å². The number of nitrogens with one attached hydrogen (secondary N) is 1. The topological polar surface area (TPSA) is 80.0 Å². The van der Waals surface area contributed by atoms with Crippen LogP contribution in [0.2, 0.25) is 0 Å². The van der Waals surface area contributed by atoms with E-state index in [-0.39, 0.29) is 5.95 Å². The van der Waals surface area contributed by atoms with Crippen LogP contribution in [0.1, 0.15) is 19.4 Å². The van der Waals surface area contributed by atoms with E-state index in [2.05, 4.69) is 34.1 Å². The predicted molar refractivity (Wildman–Crippen MR) is 82.3 cm³/mol. The summed E-state index contributed by atoms with van der Waals surface area (Å²) in [5.41, 5.74) is 7.86. The molecule has 0 saturated carbocycles. The molecule has 3 N–H and O–H groups in total. The largest absolute Gasteiger partial charge is 0.368 e. The first kappa shape index (κ1) is 14.0. The van der Waals surface area contributed by atoms with E-state index < -0.39 is 0 Å². The maximum Gasteiger partial charge on any atom is 0.233 e. The van der Waals surface area contributed by atoms with Gasteiger partial charge in [-0.25, -0.2) is 0 Å². The molecular formula is C14H20N6. The van der Waals surface area contributed by atoms with Gasteiger partial charge in [-0.1, -0.05) is 12.1 Å².